The Balaban J connectivity index is 2.08. The van der Waals surface area contributed by atoms with Crippen molar-refractivity contribution in [2.24, 2.45) is 0 Å². The van der Waals surface area contributed by atoms with Gasteiger partial charge in [-0.15, -0.1) is 11.3 Å². The predicted octanol–water partition coefficient (Wildman–Crippen LogP) is 6.27. The third-order valence-corrected chi connectivity index (χ3v) is 5.69. The fraction of sp³-hybridized carbons (Fsp3) is 0.125. The molecule has 0 aliphatic rings. The molecular weight excluding hydrogens is 352 g/mol. The van der Waals surface area contributed by atoms with Gasteiger partial charge in [0.05, 0.1) is 7.11 Å². The maximum atomic E-state index is 12.1. The van der Waals surface area contributed by atoms with E-state index in [0.29, 0.717) is 4.88 Å². The Morgan fingerprint density at radius 3 is 1.81 bits per heavy atom. The zero-order chi connectivity index (χ0) is 19.6. The lowest BCUT2D eigenvalue weighted by Gasteiger charge is -2.11. The number of ether oxygens (including phenoxy) is 1. The highest BCUT2D eigenvalue weighted by Gasteiger charge is 2.20. The van der Waals surface area contributed by atoms with E-state index in [1.165, 1.54) is 29.6 Å². The molecule has 0 aliphatic heterocycles. The Labute approximate surface area is 164 Å². The lowest BCUT2D eigenvalue weighted by atomic mass is 9.95. The fourth-order valence-electron chi connectivity index (χ4n) is 2.84. The van der Waals surface area contributed by atoms with E-state index in [4.69, 9.17) is 4.74 Å². The van der Waals surface area contributed by atoms with E-state index in [9.17, 15) is 4.79 Å². The minimum absolute atomic E-state index is 0.346. The first-order valence-corrected chi connectivity index (χ1v) is 9.47. The Morgan fingerprint density at radius 1 is 0.852 bits per heavy atom. The van der Waals surface area contributed by atoms with Crippen molar-refractivity contribution in [3.05, 3.63) is 105 Å². The number of aryl methyl sites for hydroxylation is 2. The molecule has 0 aliphatic carbocycles. The van der Waals surface area contributed by atoms with Crippen LogP contribution in [0.1, 0.15) is 42.4 Å². The predicted molar refractivity (Wildman–Crippen MR) is 114 cm³/mol. The van der Waals surface area contributed by atoms with E-state index >= 15 is 0 Å². The molecule has 2 aromatic carbocycles. The van der Waals surface area contributed by atoms with Crippen LogP contribution < -0.4 is 0 Å². The summed E-state index contributed by atoms with van der Waals surface area (Å²) < 4.78 is 4.92. The van der Waals surface area contributed by atoms with Crippen molar-refractivity contribution in [3.63, 3.8) is 0 Å². The molecule has 2 nitrogen and oxygen atoms in total. The summed E-state index contributed by atoms with van der Waals surface area (Å²) in [6.07, 6.45) is 0. The minimum Gasteiger partial charge on any atom is -0.465 e. The third kappa shape index (κ3) is 3.93. The summed E-state index contributed by atoms with van der Waals surface area (Å²) in [6, 6.07) is 18.3. The van der Waals surface area contributed by atoms with Gasteiger partial charge >= 0.3 is 5.97 Å². The normalized spacial score (nSPS) is 10.5. The van der Waals surface area contributed by atoms with Gasteiger partial charge in [0.2, 0.25) is 0 Å². The second-order valence-corrected chi connectivity index (χ2v) is 7.59. The first kappa shape index (κ1) is 18.9. The molecule has 0 unspecified atom stereocenters. The standard InChI is InChI=1S/C24H22O2S/c1-15-6-10-19(11-7-15)17(3)21-14-22(24(25)26-5)27-23(21)18(4)20-12-8-16(2)9-13-20/h6-14H,3-4H2,1-2,5H3. The molecule has 3 rings (SSSR count). The number of thiophene rings is 1. The Morgan fingerprint density at radius 2 is 1.33 bits per heavy atom. The van der Waals surface area contributed by atoms with Gasteiger partial charge < -0.3 is 4.74 Å². The van der Waals surface area contributed by atoms with Crippen molar-refractivity contribution >= 4 is 28.5 Å². The maximum absolute atomic E-state index is 12.1. The van der Waals surface area contributed by atoms with Gasteiger partial charge in [-0.05, 0) is 42.2 Å². The van der Waals surface area contributed by atoms with Crippen LogP contribution in [0.25, 0.3) is 11.1 Å². The van der Waals surface area contributed by atoms with Gasteiger partial charge in [-0.25, -0.2) is 4.79 Å². The van der Waals surface area contributed by atoms with Crippen LogP contribution in [0.3, 0.4) is 0 Å². The summed E-state index contributed by atoms with van der Waals surface area (Å²) in [5.74, 6) is -0.346. The average molecular weight is 375 g/mol. The van der Waals surface area contributed by atoms with Crippen molar-refractivity contribution in [1.29, 1.82) is 0 Å². The summed E-state index contributed by atoms with van der Waals surface area (Å²) in [6.45, 7) is 12.7. The lowest BCUT2D eigenvalue weighted by Crippen LogP contribution is -1.97. The quantitative estimate of drug-likeness (QED) is 0.492. The van der Waals surface area contributed by atoms with Gasteiger partial charge in [0.1, 0.15) is 4.88 Å². The van der Waals surface area contributed by atoms with Gasteiger partial charge in [-0.1, -0.05) is 72.8 Å². The van der Waals surface area contributed by atoms with Gasteiger partial charge in [0, 0.05) is 10.4 Å². The summed E-state index contributed by atoms with van der Waals surface area (Å²) in [5.41, 5.74) is 7.08. The van der Waals surface area contributed by atoms with Crippen LogP contribution in [0.15, 0.2) is 67.8 Å². The molecule has 3 heteroatoms. The molecule has 27 heavy (non-hydrogen) atoms. The van der Waals surface area contributed by atoms with Gasteiger partial charge in [0.25, 0.3) is 0 Å². The van der Waals surface area contributed by atoms with Crippen LogP contribution in [0, 0.1) is 13.8 Å². The van der Waals surface area contributed by atoms with E-state index in [2.05, 4.69) is 51.3 Å². The van der Waals surface area contributed by atoms with Crippen molar-refractivity contribution in [3.8, 4) is 0 Å². The highest BCUT2D eigenvalue weighted by atomic mass is 32.1. The molecule has 0 saturated heterocycles. The van der Waals surface area contributed by atoms with Crippen LogP contribution in [-0.2, 0) is 4.74 Å². The van der Waals surface area contributed by atoms with Gasteiger partial charge in [-0.3, -0.25) is 0 Å². The van der Waals surface area contributed by atoms with E-state index in [1.54, 1.807) is 0 Å². The van der Waals surface area contributed by atoms with Crippen molar-refractivity contribution < 1.29 is 9.53 Å². The van der Waals surface area contributed by atoms with Crippen molar-refractivity contribution in [2.75, 3.05) is 7.11 Å². The zero-order valence-corrected chi connectivity index (χ0v) is 16.7. The number of benzene rings is 2. The summed E-state index contributed by atoms with van der Waals surface area (Å²) >= 11 is 1.39. The number of methoxy groups -OCH3 is 1. The van der Waals surface area contributed by atoms with E-state index < -0.39 is 0 Å². The molecule has 0 saturated carbocycles. The molecule has 3 aromatic rings. The molecule has 1 aromatic heterocycles. The summed E-state index contributed by atoms with van der Waals surface area (Å²) in [5, 5.41) is 0. The SMILES string of the molecule is C=C(c1ccc(C)cc1)c1cc(C(=O)OC)sc1C(=C)c1ccc(C)cc1. The van der Waals surface area contributed by atoms with Crippen LogP contribution in [0.2, 0.25) is 0 Å². The number of hydrogen-bond acceptors (Lipinski definition) is 3. The molecule has 0 radical (unpaired) electrons. The van der Waals surface area contributed by atoms with Crippen molar-refractivity contribution in [1.82, 2.24) is 0 Å². The second kappa shape index (κ2) is 7.77. The molecular formula is C24H22O2S. The number of esters is 1. The monoisotopic (exact) mass is 374 g/mol. The number of hydrogen-bond donors (Lipinski definition) is 0. The Kier molecular flexibility index (Phi) is 5.43. The van der Waals surface area contributed by atoms with Crippen molar-refractivity contribution in [2.45, 2.75) is 13.8 Å². The smallest absolute Gasteiger partial charge is 0.348 e. The molecule has 0 spiro atoms. The second-order valence-electron chi connectivity index (χ2n) is 6.53. The largest absolute Gasteiger partial charge is 0.465 e. The van der Waals surface area contributed by atoms with Gasteiger partial charge in [-0.2, -0.15) is 0 Å². The number of carbonyl (C=O) groups is 1. The number of rotatable bonds is 5. The first-order chi connectivity index (χ1) is 12.9. The summed E-state index contributed by atoms with van der Waals surface area (Å²) in [4.78, 5) is 13.6. The fourth-order valence-corrected chi connectivity index (χ4v) is 3.93. The van der Waals surface area contributed by atoms with E-state index in [-0.39, 0.29) is 5.97 Å². The van der Waals surface area contributed by atoms with E-state index in [1.807, 2.05) is 30.3 Å². The topological polar surface area (TPSA) is 26.3 Å². The molecule has 0 amide bonds. The lowest BCUT2D eigenvalue weighted by molar-refractivity contribution is 0.0606. The Hall–Kier alpha value is -2.91. The molecule has 0 atom stereocenters. The minimum atomic E-state index is -0.346. The number of carbonyl (C=O) groups excluding carboxylic acids is 1. The third-order valence-electron chi connectivity index (χ3n) is 4.52. The highest BCUT2D eigenvalue weighted by Crippen LogP contribution is 2.38. The van der Waals surface area contributed by atoms with Gasteiger partial charge in [0.15, 0.2) is 0 Å². The summed E-state index contributed by atoms with van der Waals surface area (Å²) in [7, 11) is 1.39. The van der Waals surface area contributed by atoms with Crippen LogP contribution in [-0.4, -0.2) is 13.1 Å². The molecule has 0 fully saturated rings. The molecule has 0 N–H and O–H groups in total. The Bertz CT molecular complexity index is 931. The van der Waals surface area contributed by atoms with Crippen LogP contribution in [0.4, 0.5) is 0 Å². The molecule has 1 heterocycles. The van der Waals surface area contributed by atoms with Crippen LogP contribution in [0.5, 0.6) is 0 Å². The molecule has 136 valence electrons. The highest BCUT2D eigenvalue weighted by molar-refractivity contribution is 7.15. The molecule has 0 bridgehead atoms. The first-order valence-electron chi connectivity index (χ1n) is 8.65. The zero-order valence-electron chi connectivity index (χ0n) is 15.8. The van der Waals surface area contributed by atoms with E-state index in [0.717, 1.165) is 32.7 Å². The maximum Gasteiger partial charge on any atom is 0.348 e. The average Bonchev–Trinajstić information content (AvgIpc) is 3.13. The van der Waals surface area contributed by atoms with Crippen LogP contribution >= 0.6 is 11.3 Å².